The van der Waals surface area contributed by atoms with E-state index in [1.165, 1.54) is 56.7 Å². The highest BCUT2D eigenvalue weighted by Crippen LogP contribution is 2.35. The Kier molecular flexibility index (Phi) is 7.66. The molecule has 0 aromatic heterocycles. The van der Waals surface area contributed by atoms with E-state index in [2.05, 4.69) is 38.2 Å². The Balaban J connectivity index is 2.29. The van der Waals surface area contributed by atoms with Crippen molar-refractivity contribution in [2.45, 2.75) is 51.5 Å². The standard InChI is InChI=1S/C15H32N2S/c1-5-18-11-7-10-16-13-15(17(3)4)9-6-8-14(2)12-15/h14,16H,5-13H2,1-4H3. The molecular weight excluding hydrogens is 240 g/mol. The molecule has 1 saturated carbocycles. The predicted molar refractivity (Wildman–Crippen MR) is 84.5 cm³/mol. The fraction of sp³-hybridized carbons (Fsp3) is 1.00. The van der Waals surface area contributed by atoms with Crippen molar-refractivity contribution >= 4 is 11.8 Å². The highest BCUT2D eigenvalue weighted by atomic mass is 32.2. The van der Waals surface area contributed by atoms with Crippen LogP contribution in [-0.4, -0.2) is 49.1 Å². The quantitative estimate of drug-likeness (QED) is 0.683. The van der Waals surface area contributed by atoms with Gasteiger partial charge in [-0.15, -0.1) is 0 Å². The molecule has 2 nitrogen and oxygen atoms in total. The normalized spacial score (nSPS) is 28.8. The van der Waals surface area contributed by atoms with Gasteiger partial charge in [0.1, 0.15) is 0 Å². The van der Waals surface area contributed by atoms with Crippen molar-refractivity contribution in [1.29, 1.82) is 0 Å². The molecule has 1 rings (SSSR count). The minimum absolute atomic E-state index is 0.412. The maximum atomic E-state index is 3.70. The summed E-state index contributed by atoms with van der Waals surface area (Å²) in [4.78, 5) is 2.47. The van der Waals surface area contributed by atoms with Crippen molar-refractivity contribution in [3.05, 3.63) is 0 Å². The maximum Gasteiger partial charge on any atom is 0.0330 e. The second kappa shape index (κ2) is 8.44. The molecule has 1 N–H and O–H groups in total. The summed E-state index contributed by atoms with van der Waals surface area (Å²) in [7, 11) is 4.51. The molecule has 0 radical (unpaired) electrons. The Morgan fingerprint density at radius 2 is 2.17 bits per heavy atom. The van der Waals surface area contributed by atoms with E-state index in [0.29, 0.717) is 5.54 Å². The predicted octanol–water partition coefficient (Wildman–Crippen LogP) is 3.23. The van der Waals surface area contributed by atoms with Gasteiger partial charge in [-0.05, 0) is 57.3 Å². The zero-order valence-corrected chi connectivity index (χ0v) is 13.6. The number of nitrogens with one attached hydrogen (secondary N) is 1. The van der Waals surface area contributed by atoms with Crippen LogP contribution in [0.15, 0.2) is 0 Å². The highest BCUT2D eigenvalue weighted by molar-refractivity contribution is 7.99. The van der Waals surface area contributed by atoms with Crippen LogP contribution in [0.2, 0.25) is 0 Å². The monoisotopic (exact) mass is 272 g/mol. The third kappa shape index (κ3) is 5.10. The van der Waals surface area contributed by atoms with Crippen molar-refractivity contribution in [3.8, 4) is 0 Å². The largest absolute Gasteiger partial charge is 0.315 e. The first-order valence-corrected chi connectivity index (χ1v) is 8.72. The van der Waals surface area contributed by atoms with E-state index in [-0.39, 0.29) is 0 Å². The molecule has 3 heteroatoms. The first kappa shape index (κ1) is 16.3. The molecule has 1 aliphatic carbocycles. The lowest BCUT2D eigenvalue weighted by molar-refractivity contribution is 0.0755. The molecule has 1 aliphatic rings. The van der Waals surface area contributed by atoms with Crippen LogP contribution >= 0.6 is 11.8 Å². The number of hydrogen-bond donors (Lipinski definition) is 1. The Hall–Kier alpha value is 0.270. The summed E-state index contributed by atoms with van der Waals surface area (Å²) >= 11 is 2.05. The summed E-state index contributed by atoms with van der Waals surface area (Å²) < 4.78 is 0. The van der Waals surface area contributed by atoms with Crippen LogP contribution < -0.4 is 5.32 Å². The van der Waals surface area contributed by atoms with Crippen molar-refractivity contribution in [1.82, 2.24) is 10.2 Å². The number of hydrogen-bond acceptors (Lipinski definition) is 3. The van der Waals surface area contributed by atoms with E-state index < -0.39 is 0 Å². The van der Waals surface area contributed by atoms with E-state index in [0.717, 1.165) is 5.92 Å². The van der Waals surface area contributed by atoms with Gasteiger partial charge in [-0.3, -0.25) is 0 Å². The molecule has 18 heavy (non-hydrogen) atoms. The number of thioether (sulfide) groups is 1. The smallest absolute Gasteiger partial charge is 0.0330 e. The first-order valence-electron chi connectivity index (χ1n) is 7.56. The Morgan fingerprint density at radius 1 is 1.39 bits per heavy atom. The van der Waals surface area contributed by atoms with Crippen LogP contribution in [-0.2, 0) is 0 Å². The first-order chi connectivity index (χ1) is 8.60. The van der Waals surface area contributed by atoms with Crippen LogP contribution in [0.4, 0.5) is 0 Å². The zero-order valence-electron chi connectivity index (χ0n) is 12.8. The summed E-state index contributed by atoms with van der Waals surface area (Å²) in [6.07, 6.45) is 6.84. The van der Waals surface area contributed by atoms with E-state index in [9.17, 15) is 0 Å². The van der Waals surface area contributed by atoms with Crippen LogP contribution in [0, 0.1) is 5.92 Å². The SMILES string of the molecule is CCSCCCNCC1(N(C)C)CCCC(C)C1. The average molecular weight is 273 g/mol. The topological polar surface area (TPSA) is 15.3 Å². The van der Waals surface area contributed by atoms with Gasteiger partial charge in [-0.25, -0.2) is 0 Å². The number of likely N-dealkylation sites (N-methyl/N-ethyl adjacent to an activating group) is 1. The van der Waals surface area contributed by atoms with Crippen molar-refractivity contribution < 1.29 is 0 Å². The van der Waals surface area contributed by atoms with Crippen molar-refractivity contribution in [2.24, 2.45) is 5.92 Å². The maximum absolute atomic E-state index is 3.70. The Bertz CT molecular complexity index is 221. The molecule has 0 heterocycles. The second-order valence-corrected chi connectivity index (χ2v) is 7.44. The van der Waals surface area contributed by atoms with Gasteiger partial charge < -0.3 is 10.2 Å². The molecule has 2 atom stereocenters. The third-order valence-electron chi connectivity index (χ3n) is 4.32. The number of nitrogens with zero attached hydrogens (tertiary/aromatic N) is 1. The van der Waals surface area contributed by atoms with Crippen LogP contribution in [0.5, 0.6) is 0 Å². The van der Waals surface area contributed by atoms with Gasteiger partial charge in [0.25, 0.3) is 0 Å². The second-order valence-electron chi connectivity index (χ2n) is 6.05. The van der Waals surface area contributed by atoms with Crippen LogP contribution in [0.3, 0.4) is 0 Å². The van der Waals surface area contributed by atoms with Crippen LogP contribution in [0.1, 0.15) is 46.0 Å². The van der Waals surface area contributed by atoms with Gasteiger partial charge >= 0.3 is 0 Å². The molecule has 0 aromatic rings. The van der Waals surface area contributed by atoms with Gasteiger partial charge in [-0.1, -0.05) is 26.7 Å². The Morgan fingerprint density at radius 3 is 2.78 bits per heavy atom. The third-order valence-corrected chi connectivity index (χ3v) is 5.30. The molecule has 0 spiro atoms. The molecule has 0 amide bonds. The van der Waals surface area contributed by atoms with Crippen LogP contribution in [0.25, 0.3) is 0 Å². The molecule has 0 aliphatic heterocycles. The lowest BCUT2D eigenvalue weighted by Crippen LogP contribution is -2.54. The number of rotatable bonds is 8. The molecule has 1 fully saturated rings. The van der Waals surface area contributed by atoms with Gasteiger partial charge in [0.15, 0.2) is 0 Å². The lowest BCUT2D eigenvalue weighted by Gasteiger charge is -2.45. The molecule has 0 aromatic carbocycles. The summed E-state index contributed by atoms with van der Waals surface area (Å²) in [6.45, 7) is 7.00. The summed E-state index contributed by atoms with van der Waals surface area (Å²) in [5.74, 6) is 3.44. The molecule has 0 saturated heterocycles. The van der Waals surface area contributed by atoms with Crippen molar-refractivity contribution in [3.63, 3.8) is 0 Å². The molecular formula is C15H32N2S. The van der Waals surface area contributed by atoms with E-state index >= 15 is 0 Å². The van der Waals surface area contributed by atoms with Gasteiger partial charge in [0, 0.05) is 12.1 Å². The van der Waals surface area contributed by atoms with Gasteiger partial charge in [0.05, 0.1) is 0 Å². The summed E-state index contributed by atoms with van der Waals surface area (Å²) in [5, 5.41) is 3.70. The van der Waals surface area contributed by atoms with E-state index in [1.807, 2.05) is 11.8 Å². The molecule has 2 unspecified atom stereocenters. The molecule has 0 bridgehead atoms. The molecule has 108 valence electrons. The average Bonchev–Trinajstić information content (AvgIpc) is 2.33. The van der Waals surface area contributed by atoms with E-state index in [4.69, 9.17) is 0 Å². The lowest BCUT2D eigenvalue weighted by atomic mass is 9.75. The zero-order chi connectivity index (χ0) is 13.4. The minimum Gasteiger partial charge on any atom is -0.315 e. The minimum atomic E-state index is 0.412. The highest BCUT2D eigenvalue weighted by Gasteiger charge is 2.36. The van der Waals surface area contributed by atoms with E-state index in [1.54, 1.807) is 0 Å². The van der Waals surface area contributed by atoms with Gasteiger partial charge in [0.2, 0.25) is 0 Å². The van der Waals surface area contributed by atoms with Crippen molar-refractivity contribution in [2.75, 3.05) is 38.7 Å². The van der Waals surface area contributed by atoms with Gasteiger partial charge in [-0.2, -0.15) is 11.8 Å². The fourth-order valence-electron chi connectivity index (χ4n) is 3.12. The Labute approximate surface area is 118 Å². The summed E-state index contributed by atoms with van der Waals surface area (Å²) in [5.41, 5.74) is 0.412. The fourth-order valence-corrected chi connectivity index (χ4v) is 3.76. The summed E-state index contributed by atoms with van der Waals surface area (Å²) in [6, 6.07) is 0.